The van der Waals surface area contributed by atoms with Crippen LogP contribution in [0.5, 0.6) is 0 Å². The van der Waals surface area contributed by atoms with E-state index in [0.29, 0.717) is 12.5 Å². The van der Waals surface area contributed by atoms with Crippen LogP contribution in [0.25, 0.3) is 0 Å². The zero-order valence-electron chi connectivity index (χ0n) is 15.9. The van der Waals surface area contributed by atoms with Gasteiger partial charge in [0.15, 0.2) is 0 Å². The Balaban J connectivity index is 1.87. The third kappa shape index (κ3) is 4.36. The molecule has 5 nitrogen and oxygen atoms in total. The molecule has 0 spiro atoms. The van der Waals surface area contributed by atoms with Crippen LogP contribution < -0.4 is 4.90 Å². The third-order valence-corrected chi connectivity index (χ3v) is 5.59. The number of anilines is 1. The Hall–Kier alpha value is -1.53. The smallest absolute Gasteiger partial charge is 0.136 e. The van der Waals surface area contributed by atoms with Gasteiger partial charge in [0, 0.05) is 48.7 Å². The zero-order valence-corrected chi connectivity index (χ0v) is 16.7. The third-order valence-electron chi connectivity index (χ3n) is 4.46. The maximum atomic E-state index is 5.31. The van der Waals surface area contributed by atoms with Crippen LogP contribution in [-0.2, 0) is 16.8 Å². The molecule has 2 aromatic heterocycles. The molecule has 3 heterocycles. The first-order valence-electron chi connectivity index (χ1n) is 8.91. The van der Waals surface area contributed by atoms with E-state index in [1.807, 2.05) is 0 Å². The second-order valence-corrected chi connectivity index (χ2v) is 8.73. The summed E-state index contributed by atoms with van der Waals surface area (Å²) in [7, 11) is 1.71. The van der Waals surface area contributed by atoms with Gasteiger partial charge >= 0.3 is 0 Å². The van der Waals surface area contributed by atoms with Crippen molar-refractivity contribution in [3.8, 4) is 0 Å². The second-order valence-electron chi connectivity index (χ2n) is 7.84. The predicted molar refractivity (Wildman–Crippen MR) is 102 cm³/mol. The number of ether oxygens (including phenoxy) is 1. The van der Waals surface area contributed by atoms with E-state index in [9.17, 15) is 0 Å². The van der Waals surface area contributed by atoms with Crippen LogP contribution in [0.4, 0.5) is 5.82 Å². The fraction of sp³-hybridized carbons (Fsp3) is 0.632. The van der Waals surface area contributed by atoms with Gasteiger partial charge in [-0.1, -0.05) is 20.8 Å². The number of aryl methyl sites for hydroxylation is 1. The lowest BCUT2D eigenvalue weighted by Gasteiger charge is -2.33. The molecule has 3 rings (SSSR count). The van der Waals surface area contributed by atoms with Crippen LogP contribution in [0.15, 0.2) is 11.4 Å². The molecule has 1 aliphatic rings. The largest absolute Gasteiger partial charge is 0.378 e. The van der Waals surface area contributed by atoms with Gasteiger partial charge in [0.05, 0.1) is 17.3 Å². The van der Waals surface area contributed by atoms with Gasteiger partial charge in [-0.25, -0.2) is 15.0 Å². The molecule has 2 aromatic rings. The minimum atomic E-state index is -0.0832. The summed E-state index contributed by atoms with van der Waals surface area (Å²) in [5.41, 5.74) is 1.99. The number of hydrogen-bond donors (Lipinski definition) is 0. The Kier molecular flexibility index (Phi) is 5.39. The number of aromatic nitrogens is 3. The van der Waals surface area contributed by atoms with E-state index in [1.165, 1.54) is 11.4 Å². The van der Waals surface area contributed by atoms with Crippen molar-refractivity contribution in [1.82, 2.24) is 15.0 Å². The average molecular weight is 361 g/mol. The summed E-state index contributed by atoms with van der Waals surface area (Å²) in [6.45, 7) is 11.0. The Bertz CT molecular complexity index is 722. The van der Waals surface area contributed by atoms with Crippen LogP contribution in [0.1, 0.15) is 61.8 Å². The molecule has 6 heteroatoms. The first-order valence-corrected chi connectivity index (χ1v) is 9.79. The summed E-state index contributed by atoms with van der Waals surface area (Å²) in [5.74, 6) is 2.39. The molecule has 25 heavy (non-hydrogen) atoms. The summed E-state index contributed by atoms with van der Waals surface area (Å²) >= 11 is 1.78. The van der Waals surface area contributed by atoms with E-state index in [1.54, 1.807) is 18.4 Å². The van der Waals surface area contributed by atoms with Gasteiger partial charge < -0.3 is 9.64 Å². The molecule has 0 aliphatic carbocycles. The van der Waals surface area contributed by atoms with Gasteiger partial charge in [-0.3, -0.25) is 0 Å². The van der Waals surface area contributed by atoms with Gasteiger partial charge in [0.1, 0.15) is 11.6 Å². The van der Waals surface area contributed by atoms with Crippen molar-refractivity contribution in [3.05, 3.63) is 33.7 Å². The second kappa shape index (κ2) is 7.38. The maximum Gasteiger partial charge on any atom is 0.136 e. The van der Waals surface area contributed by atoms with Crippen molar-refractivity contribution < 1.29 is 4.74 Å². The molecule has 0 saturated carbocycles. The van der Waals surface area contributed by atoms with E-state index in [0.717, 1.165) is 42.5 Å². The van der Waals surface area contributed by atoms with E-state index in [-0.39, 0.29) is 5.41 Å². The quantitative estimate of drug-likeness (QED) is 0.823. The molecule has 0 aromatic carbocycles. The lowest BCUT2D eigenvalue weighted by molar-refractivity contribution is 0.181. The van der Waals surface area contributed by atoms with E-state index >= 15 is 0 Å². The molecule has 1 unspecified atom stereocenters. The number of nitrogens with zero attached hydrogens (tertiary/aromatic N) is 4. The van der Waals surface area contributed by atoms with Crippen LogP contribution >= 0.6 is 11.3 Å². The summed E-state index contributed by atoms with van der Waals surface area (Å²) in [4.78, 5) is 16.7. The number of piperidine rings is 1. The van der Waals surface area contributed by atoms with Crippen molar-refractivity contribution in [2.45, 2.75) is 58.5 Å². The van der Waals surface area contributed by atoms with Crippen molar-refractivity contribution in [1.29, 1.82) is 0 Å². The Morgan fingerprint density at radius 2 is 2.08 bits per heavy atom. The Morgan fingerprint density at radius 1 is 1.28 bits per heavy atom. The summed E-state index contributed by atoms with van der Waals surface area (Å²) in [5, 5.41) is 3.40. The molecule has 0 bridgehead atoms. The molecule has 1 atom stereocenters. The van der Waals surface area contributed by atoms with Crippen molar-refractivity contribution in [3.63, 3.8) is 0 Å². The summed E-state index contributed by atoms with van der Waals surface area (Å²) in [6, 6.07) is 2.08. The first kappa shape index (κ1) is 18.3. The predicted octanol–water partition coefficient (Wildman–Crippen LogP) is 4.07. The monoisotopic (exact) mass is 360 g/mol. The van der Waals surface area contributed by atoms with Gasteiger partial charge in [-0.05, 0) is 19.8 Å². The molecular weight excluding hydrogens is 332 g/mol. The molecule has 1 aliphatic heterocycles. The van der Waals surface area contributed by atoms with Crippen molar-refractivity contribution in [2.75, 3.05) is 25.1 Å². The highest BCUT2D eigenvalue weighted by Crippen LogP contribution is 2.32. The summed E-state index contributed by atoms with van der Waals surface area (Å²) < 4.78 is 5.31. The number of methoxy groups -OCH3 is 1. The van der Waals surface area contributed by atoms with Crippen LogP contribution in [0.3, 0.4) is 0 Å². The molecule has 0 amide bonds. The van der Waals surface area contributed by atoms with Crippen LogP contribution in [0.2, 0.25) is 0 Å². The number of rotatable bonds is 4. The van der Waals surface area contributed by atoms with E-state index < -0.39 is 0 Å². The van der Waals surface area contributed by atoms with Crippen LogP contribution in [0, 0.1) is 6.92 Å². The fourth-order valence-electron chi connectivity index (χ4n) is 3.15. The van der Waals surface area contributed by atoms with E-state index in [4.69, 9.17) is 19.7 Å². The molecule has 1 saturated heterocycles. The van der Waals surface area contributed by atoms with Gasteiger partial charge in [-0.2, -0.15) is 0 Å². The molecule has 1 fully saturated rings. The van der Waals surface area contributed by atoms with Gasteiger partial charge in [0.25, 0.3) is 0 Å². The van der Waals surface area contributed by atoms with Gasteiger partial charge in [-0.15, -0.1) is 11.3 Å². The van der Waals surface area contributed by atoms with E-state index in [2.05, 4.69) is 44.0 Å². The van der Waals surface area contributed by atoms with Gasteiger partial charge in [0.2, 0.25) is 0 Å². The lowest BCUT2D eigenvalue weighted by atomic mass is 9.95. The normalized spacial score (nSPS) is 18.6. The number of thiazole rings is 1. The molecule has 0 N–H and O–H groups in total. The zero-order chi connectivity index (χ0) is 18.0. The molecule has 136 valence electrons. The average Bonchev–Trinajstić information content (AvgIpc) is 3.01. The Labute approximate surface area is 154 Å². The molecular formula is C19H28N4OS. The SMILES string of the molecule is COCc1cc(N2CCCC(c3nc(C)cs3)C2)nc(C(C)(C)C)n1. The first-order chi connectivity index (χ1) is 11.9. The highest BCUT2D eigenvalue weighted by molar-refractivity contribution is 7.09. The van der Waals surface area contributed by atoms with Crippen molar-refractivity contribution >= 4 is 17.2 Å². The standard InChI is InChI=1S/C19H28N4OS/c1-13-12-25-17(20-13)14-7-6-8-23(10-14)16-9-15(11-24-5)21-18(22-16)19(2,3)4/h9,12,14H,6-8,10-11H2,1-5H3. The number of hydrogen-bond acceptors (Lipinski definition) is 6. The maximum absolute atomic E-state index is 5.31. The van der Waals surface area contributed by atoms with Crippen molar-refractivity contribution in [2.24, 2.45) is 0 Å². The lowest BCUT2D eigenvalue weighted by Crippen LogP contribution is -2.35. The molecule has 0 radical (unpaired) electrons. The minimum absolute atomic E-state index is 0.0832. The Morgan fingerprint density at radius 3 is 2.72 bits per heavy atom. The highest BCUT2D eigenvalue weighted by Gasteiger charge is 2.26. The fourth-order valence-corrected chi connectivity index (χ4v) is 4.07. The van der Waals surface area contributed by atoms with Crippen LogP contribution in [-0.4, -0.2) is 35.2 Å². The minimum Gasteiger partial charge on any atom is -0.378 e. The highest BCUT2D eigenvalue weighted by atomic mass is 32.1. The topological polar surface area (TPSA) is 51.1 Å². The summed E-state index contributed by atoms with van der Waals surface area (Å²) in [6.07, 6.45) is 2.36.